The average Bonchev–Trinajstić information content (AvgIpc) is 2.54. The molecule has 3 rings (SSSR count). The lowest BCUT2D eigenvalue weighted by Gasteiger charge is -2.26. The standard InChI is InChI=1S/C18H19N3O3.ClH/c1-11-5-8-17(21(23)24)15(9-11)18(22)20-16-4-2-3-12-10-13(19)6-7-14(12)16;/h5-10,16H,2-4,19H2,1H3,(H,20,22);1H. The maximum absolute atomic E-state index is 12.6. The molecule has 2 aromatic rings. The molecule has 0 aromatic heterocycles. The van der Waals surface area contributed by atoms with Gasteiger partial charge in [-0.2, -0.15) is 0 Å². The fraction of sp³-hybridized carbons (Fsp3) is 0.278. The summed E-state index contributed by atoms with van der Waals surface area (Å²) in [6, 6.07) is 10.1. The highest BCUT2D eigenvalue weighted by Crippen LogP contribution is 2.31. The van der Waals surface area contributed by atoms with E-state index in [1.165, 1.54) is 6.07 Å². The van der Waals surface area contributed by atoms with Crippen molar-refractivity contribution in [2.45, 2.75) is 32.2 Å². The van der Waals surface area contributed by atoms with Crippen LogP contribution in [0.3, 0.4) is 0 Å². The zero-order valence-electron chi connectivity index (χ0n) is 13.8. The van der Waals surface area contributed by atoms with Crippen LogP contribution in [0.2, 0.25) is 0 Å². The Morgan fingerprint density at radius 1 is 1.28 bits per heavy atom. The van der Waals surface area contributed by atoms with Crippen molar-refractivity contribution in [1.29, 1.82) is 0 Å². The largest absolute Gasteiger partial charge is 0.399 e. The van der Waals surface area contributed by atoms with E-state index < -0.39 is 10.8 Å². The molecule has 7 heteroatoms. The zero-order valence-corrected chi connectivity index (χ0v) is 14.6. The number of nitrogens with one attached hydrogen (secondary N) is 1. The summed E-state index contributed by atoms with van der Waals surface area (Å²) in [6.45, 7) is 1.80. The van der Waals surface area contributed by atoms with Gasteiger partial charge in [-0.1, -0.05) is 12.1 Å². The lowest BCUT2D eigenvalue weighted by Crippen LogP contribution is -2.31. The van der Waals surface area contributed by atoms with E-state index in [2.05, 4.69) is 5.32 Å². The Kier molecular flexibility index (Phi) is 5.64. The van der Waals surface area contributed by atoms with Gasteiger partial charge < -0.3 is 11.1 Å². The molecule has 0 saturated heterocycles. The van der Waals surface area contributed by atoms with Crippen LogP contribution in [0.25, 0.3) is 0 Å². The van der Waals surface area contributed by atoms with Gasteiger partial charge in [-0.3, -0.25) is 14.9 Å². The molecule has 2 aromatic carbocycles. The molecule has 0 heterocycles. The smallest absolute Gasteiger partial charge is 0.282 e. The van der Waals surface area contributed by atoms with Gasteiger partial charge >= 0.3 is 0 Å². The van der Waals surface area contributed by atoms with Crippen LogP contribution in [0.1, 0.15) is 45.9 Å². The van der Waals surface area contributed by atoms with Crippen LogP contribution in [0.5, 0.6) is 0 Å². The first kappa shape index (κ1) is 18.7. The van der Waals surface area contributed by atoms with E-state index in [0.29, 0.717) is 5.69 Å². The summed E-state index contributed by atoms with van der Waals surface area (Å²) in [5, 5.41) is 14.1. The Hall–Kier alpha value is -2.60. The predicted molar refractivity (Wildman–Crippen MR) is 99.1 cm³/mol. The van der Waals surface area contributed by atoms with Crippen molar-refractivity contribution >= 4 is 29.7 Å². The normalized spacial score (nSPS) is 15.6. The van der Waals surface area contributed by atoms with Crippen LogP contribution < -0.4 is 11.1 Å². The number of nitro benzene ring substituents is 1. The van der Waals surface area contributed by atoms with Crippen molar-refractivity contribution in [3.05, 3.63) is 68.8 Å². The van der Waals surface area contributed by atoms with Crippen LogP contribution in [0, 0.1) is 17.0 Å². The second-order valence-electron chi connectivity index (χ2n) is 6.15. The molecule has 0 spiro atoms. The SMILES string of the molecule is Cc1ccc([N+](=O)[O-])c(C(=O)NC2CCCc3cc(N)ccc32)c1.Cl. The number of nitrogen functional groups attached to an aromatic ring is 1. The Balaban J connectivity index is 0.00000225. The van der Waals surface area contributed by atoms with E-state index in [1.54, 1.807) is 19.1 Å². The van der Waals surface area contributed by atoms with Crippen LogP contribution in [0.15, 0.2) is 36.4 Å². The number of nitro groups is 1. The van der Waals surface area contributed by atoms with Gasteiger partial charge in [0.25, 0.3) is 11.6 Å². The number of hydrogen-bond donors (Lipinski definition) is 2. The molecule has 25 heavy (non-hydrogen) atoms. The topological polar surface area (TPSA) is 98.3 Å². The molecule has 0 fully saturated rings. The van der Waals surface area contributed by atoms with Crippen LogP contribution in [0.4, 0.5) is 11.4 Å². The number of carbonyl (C=O) groups excluding carboxylic acids is 1. The Labute approximate surface area is 152 Å². The highest BCUT2D eigenvalue weighted by atomic mass is 35.5. The summed E-state index contributed by atoms with van der Waals surface area (Å²) >= 11 is 0. The first-order valence-electron chi connectivity index (χ1n) is 7.90. The number of nitrogens with two attached hydrogens (primary N) is 1. The van der Waals surface area contributed by atoms with E-state index in [-0.39, 0.29) is 29.7 Å². The van der Waals surface area contributed by atoms with Gasteiger partial charge in [0.05, 0.1) is 11.0 Å². The van der Waals surface area contributed by atoms with Crippen molar-refractivity contribution in [3.63, 3.8) is 0 Å². The van der Waals surface area contributed by atoms with Gasteiger partial charge in [0.15, 0.2) is 0 Å². The van der Waals surface area contributed by atoms with Gasteiger partial charge in [0, 0.05) is 11.8 Å². The molecule has 132 valence electrons. The molecule has 1 unspecified atom stereocenters. The number of carbonyl (C=O) groups is 1. The maximum atomic E-state index is 12.6. The average molecular weight is 362 g/mol. The lowest BCUT2D eigenvalue weighted by atomic mass is 9.87. The van der Waals surface area contributed by atoms with Crippen molar-refractivity contribution in [3.8, 4) is 0 Å². The van der Waals surface area contributed by atoms with Crippen molar-refractivity contribution in [1.82, 2.24) is 5.32 Å². The molecule has 0 saturated carbocycles. The quantitative estimate of drug-likeness (QED) is 0.494. The van der Waals surface area contributed by atoms with Gasteiger partial charge in [-0.05, 0) is 61.1 Å². The van der Waals surface area contributed by atoms with Gasteiger partial charge in [0.1, 0.15) is 5.56 Å². The number of hydrogen-bond acceptors (Lipinski definition) is 4. The summed E-state index contributed by atoms with van der Waals surface area (Å²) in [6.07, 6.45) is 2.68. The first-order chi connectivity index (χ1) is 11.5. The predicted octanol–water partition coefficient (Wildman–Crippen LogP) is 3.71. The van der Waals surface area contributed by atoms with Crippen LogP contribution >= 0.6 is 12.4 Å². The van der Waals surface area contributed by atoms with E-state index >= 15 is 0 Å². The van der Waals surface area contributed by atoms with E-state index in [1.807, 2.05) is 18.2 Å². The zero-order chi connectivity index (χ0) is 17.3. The summed E-state index contributed by atoms with van der Waals surface area (Å²) < 4.78 is 0. The third-order valence-electron chi connectivity index (χ3n) is 4.38. The molecule has 1 amide bonds. The number of aryl methyl sites for hydroxylation is 2. The molecule has 1 atom stereocenters. The molecule has 6 nitrogen and oxygen atoms in total. The fourth-order valence-electron chi connectivity index (χ4n) is 3.21. The molecule has 0 bridgehead atoms. The highest BCUT2D eigenvalue weighted by Gasteiger charge is 2.26. The number of nitrogens with zero attached hydrogens (tertiary/aromatic N) is 1. The van der Waals surface area contributed by atoms with E-state index in [4.69, 9.17) is 5.73 Å². The van der Waals surface area contributed by atoms with E-state index in [9.17, 15) is 14.9 Å². The number of benzene rings is 2. The second-order valence-corrected chi connectivity index (χ2v) is 6.15. The Morgan fingerprint density at radius 3 is 2.76 bits per heavy atom. The maximum Gasteiger partial charge on any atom is 0.282 e. The fourth-order valence-corrected chi connectivity index (χ4v) is 3.21. The van der Waals surface area contributed by atoms with Gasteiger partial charge in [-0.15, -0.1) is 12.4 Å². The monoisotopic (exact) mass is 361 g/mol. The number of amides is 1. The van der Waals surface area contributed by atoms with E-state index in [0.717, 1.165) is 36.0 Å². The van der Waals surface area contributed by atoms with Crippen molar-refractivity contribution in [2.75, 3.05) is 5.73 Å². The molecule has 1 aliphatic carbocycles. The molecule has 0 radical (unpaired) electrons. The van der Waals surface area contributed by atoms with Gasteiger partial charge in [0.2, 0.25) is 0 Å². The lowest BCUT2D eigenvalue weighted by molar-refractivity contribution is -0.385. The highest BCUT2D eigenvalue weighted by molar-refractivity contribution is 5.98. The van der Waals surface area contributed by atoms with Gasteiger partial charge in [-0.25, -0.2) is 0 Å². The Morgan fingerprint density at radius 2 is 2.04 bits per heavy atom. The molecule has 3 N–H and O–H groups in total. The molecular weight excluding hydrogens is 342 g/mol. The minimum Gasteiger partial charge on any atom is -0.399 e. The van der Waals surface area contributed by atoms with Crippen LogP contribution in [-0.4, -0.2) is 10.8 Å². The third kappa shape index (κ3) is 3.91. The first-order valence-corrected chi connectivity index (χ1v) is 7.90. The molecule has 1 aliphatic rings. The molecular formula is C18H20ClN3O3. The summed E-state index contributed by atoms with van der Waals surface area (Å²) in [7, 11) is 0. The summed E-state index contributed by atoms with van der Waals surface area (Å²) in [5.41, 5.74) is 9.43. The summed E-state index contributed by atoms with van der Waals surface area (Å²) in [4.78, 5) is 23.3. The van der Waals surface area contributed by atoms with Crippen molar-refractivity contribution in [2.24, 2.45) is 0 Å². The third-order valence-corrected chi connectivity index (χ3v) is 4.38. The number of rotatable bonds is 3. The summed E-state index contributed by atoms with van der Waals surface area (Å²) in [5.74, 6) is -0.417. The second kappa shape index (κ2) is 7.53. The number of halogens is 1. The Bertz CT molecular complexity index is 823. The minimum atomic E-state index is -0.524. The molecule has 0 aliphatic heterocycles. The van der Waals surface area contributed by atoms with Crippen molar-refractivity contribution < 1.29 is 9.72 Å². The number of fused-ring (bicyclic) bond motifs is 1. The minimum absolute atomic E-state index is 0. The van der Waals surface area contributed by atoms with Crippen LogP contribution in [-0.2, 0) is 6.42 Å². The number of anilines is 1.